The highest BCUT2D eigenvalue weighted by molar-refractivity contribution is 8.18. The van der Waals surface area contributed by atoms with Crippen LogP contribution in [0.4, 0.5) is 10.1 Å². The van der Waals surface area contributed by atoms with Gasteiger partial charge in [-0.05, 0) is 36.4 Å². The third-order valence-electron chi connectivity index (χ3n) is 3.88. The Labute approximate surface area is 164 Å². The molecule has 0 aromatic heterocycles. The highest BCUT2D eigenvalue weighted by Crippen LogP contribution is 2.41. The molecule has 8 heteroatoms. The smallest absolute Gasteiger partial charge is 0.344 e. The minimum Gasteiger partial charge on any atom is -0.507 e. The monoisotopic (exact) mass is 401 g/mol. The highest BCUT2D eigenvalue weighted by atomic mass is 32.2. The van der Waals surface area contributed by atoms with Crippen LogP contribution in [0.15, 0.2) is 63.7 Å². The summed E-state index contributed by atoms with van der Waals surface area (Å²) in [4.78, 5) is 16.6. The first-order chi connectivity index (χ1) is 13.4. The number of esters is 1. The Morgan fingerprint density at radius 2 is 1.93 bits per heavy atom. The van der Waals surface area contributed by atoms with E-state index in [-0.39, 0.29) is 32.7 Å². The lowest BCUT2D eigenvalue weighted by molar-refractivity contribution is -0.135. The molecule has 2 aromatic carbocycles. The van der Waals surface area contributed by atoms with Gasteiger partial charge in [0, 0.05) is 5.56 Å². The second kappa shape index (κ2) is 8.18. The van der Waals surface area contributed by atoms with Crippen molar-refractivity contribution in [1.29, 1.82) is 0 Å². The van der Waals surface area contributed by atoms with Gasteiger partial charge in [-0.2, -0.15) is 0 Å². The quantitative estimate of drug-likeness (QED) is 0.741. The first-order valence-electron chi connectivity index (χ1n) is 8.06. The van der Waals surface area contributed by atoms with Crippen LogP contribution in [0.3, 0.4) is 0 Å². The number of carbonyl (C=O) groups excluding carboxylic acids is 1. The number of phenolic OH excluding ortho intramolecular Hbond substituents is 1. The summed E-state index contributed by atoms with van der Waals surface area (Å²) in [5.41, 5.74) is 0.207. The minimum absolute atomic E-state index is 0.0182. The van der Waals surface area contributed by atoms with Crippen LogP contribution in [0.1, 0.15) is 5.56 Å². The van der Waals surface area contributed by atoms with Gasteiger partial charge < -0.3 is 19.7 Å². The van der Waals surface area contributed by atoms with E-state index in [4.69, 9.17) is 9.47 Å². The van der Waals surface area contributed by atoms with Gasteiger partial charge >= 0.3 is 5.97 Å². The summed E-state index contributed by atoms with van der Waals surface area (Å²) in [5.74, 6) is -1.28. The van der Waals surface area contributed by atoms with Crippen LogP contribution >= 0.6 is 11.8 Å². The van der Waals surface area contributed by atoms with Crippen molar-refractivity contribution in [3.8, 4) is 11.5 Å². The summed E-state index contributed by atoms with van der Waals surface area (Å²) >= 11 is 0.959. The number of aliphatic hydroxyl groups is 1. The van der Waals surface area contributed by atoms with Gasteiger partial charge in [0.25, 0.3) is 0 Å². The molecule has 6 nitrogen and oxygen atoms in total. The zero-order chi connectivity index (χ0) is 20.3. The second-order valence-corrected chi connectivity index (χ2v) is 6.65. The zero-order valence-corrected chi connectivity index (χ0v) is 15.8. The molecule has 1 aliphatic rings. The molecule has 0 bridgehead atoms. The molecule has 28 heavy (non-hydrogen) atoms. The van der Waals surface area contributed by atoms with Gasteiger partial charge in [-0.15, -0.1) is 0 Å². The predicted octanol–water partition coefficient (Wildman–Crippen LogP) is 4.34. The Bertz CT molecular complexity index is 1030. The number of halogens is 1. The van der Waals surface area contributed by atoms with E-state index in [1.165, 1.54) is 44.6 Å². The van der Waals surface area contributed by atoms with E-state index in [1.807, 2.05) is 0 Å². The number of hydrogen-bond acceptors (Lipinski definition) is 7. The summed E-state index contributed by atoms with van der Waals surface area (Å²) in [6, 6.07) is 10.4. The fraction of sp³-hybridized carbons (Fsp3) is 0.100. The summed E-state index contributed by atoms with van der Waals surface area (Å²) in [6.07, 6.45) is 1.48. The van der Waals surface area contributed by atoms with Crippen molar-refractivity contribution in [2.24, 2.45) is 4.99 Å². The molecule has 1 heterocycles. The van der Waals surface area contributed by atoms with Crippen LogP contribution in [0.25, 0.3) is 6.08 Å². The van der Waals surface area contributed by atoms with Crippen LogP contribution in [-0.4, -0.2) is 35.4 Å². The van der Waals surface area contributed by atoms with Crippen LogP contribution in [0, 0.1) is 5.82 Å². The third-order valence-corrected chi connectivity index (χ3v) is 4.90. The van der Waals surface area contributed by atoms with Crippen molar-refractivity contribution >= 4 is 34.5 Å². The summed E-state index contributed by atoms with van der Waals surface area (Å²) in [7, 11) is 2.66. The Morgan fingerprint density at radius 3 is 2.61 bits per heavy atom. The average molecular weight is 401 g/mol. The Hall–Kier alpha value is -3.26. The summed E-state index contributed by atoms with van der Waals surface area (Å²) in [6.45, 7) is 0. The molecule has 0 aliphatic carbocycles. The number of rotatable bonds is 4. The molecule has 0 unspecified atom stereocenters. The number of hydrogen-bond donors (Lipinski definition) is 2. The van der Waals surface area contributed by atoms with Crippen LogP contribution in [0.2, 0.25) is 0 Å². The lowest BCUT2D eigenvalue weighted by Gasteiger charge is -2.04. The van der Waals surface area contributed by atoms with Crippen molar-refractivity contribution in [3.63, 3.8) is 0 Å². The third kappa shape index (κ3) is 3.86. The minimum atomic E-state index is -0.807. The number of para-hydroxylation sites is 1. The summed E-state index contributed by atoms with van der Waals surface area (Å²) in [5, 5.41) is 20.7. The molecule has 0 radical (unpaired) electrons. The van der Waals surface area contributed by atoms with Gasteiger partial charge in [-0.3, -0.25) is 0 Å². The molecule has 0 spiro atoms. The maximum Gasteiger partial charge on any atom is 0.344 e. The Morgan fingerprint density at radius 1 is 1.18 bits per heavy atom. The van der Waals surface area contributed by atoms with Crippen molar-refractivity contribution in [2.75, 3.05) is 14.2 Å². The molecule has 0 amide bonds. The molecule has 3 rings (SSSR count). The van der Waals surface area contributed by atoms with E-state index in [1.54, 1.807) is 18.2 Å². The molecule has 0 saturated heterocycles. The van der Waals surface area contributed by atoms with Crippen molar-refractivity contribution in [2.45, 2.75) is 0 Å². The predicted molar refractivity (Wildman–Crippen MR) is 105 cm³/mol. The fourth-order valence-electron chi connectivity index (χ4n) is 2.46. The number of phenols is 1. The number of ether oxygens (including phenoxy) is 2. The molecular weight excluding hydrogens is 385 g/mol. The lowest BCUT2D eigenvalue weighted by atomic mass is 10.1. The van der Waals surface area contributed by atoms with Gasteiger partial charge in [0.1, 0.15) is 39.4 Å². The van der Waals surface area contributed by atoms with Crippen LogP contribution in [-0.2, 0) is 9.53 Å². The van der Waals surface area contributed by atoms with Crippen molar-refractivity contribution in [1.82, 2.24) is 0 Å². The number of methoxy groups -OCH3 is 2. The molecule has 144 valence electrons. The SMILES string of the molecule is COC(=O)C1=C(O)C(=Cc2cc(OC)ccc2O)SC1=Nc1ccccc1F. The molecule has 0 atom stereocenters. The average Bonchev–Trinajstić information content (AvgIpc) is 2.99. The van der Waals surface area contributed by atoms with E-state index < -0.39 is 11.8 Å². The Kier molecular flexibility index (Phi) is 5.70. The largest absolute Gasteiger partial charge is 0.507 e. The van der Waals surface area contributed by atoms with E-state index in [2.05, 4.69) is 4.99 Å². The topological polar surface area (TPSA) is 88.4 Å². The zero-order valence-electron chi connectivity index (χ0n) is 15.0. The van der Waals surface area contributed by atoms with Gasteiger partial charge in [-0.1, -0.05) is 23.9 Å². The van der Waals surface area contributed by atoms with Gasteiger partial charge in [0.05, 0.1) is 19.1 Å². The number of nitrogens with zero attached hydrogens (tertiary/aromatic N) is 1. The van der Waals surface area contributed by atoms with E-state index in [0.29, 0.717) is 11.3 Å². The number of benzene rings is 2. The summed E-state index contributed by atoms with van der Waals surface area (Å²) < 4.78 is 23.8. The highest BCUT2D eigenvalue weighted by Gasteiger charge is 2.33. The van der Waals surface area contributed by atoms with Crippen molar-refractivity contribution < 1.29 is 28.9 Å². The van der Waals surface area contributed by atoms with Gasteiger partial charge in [0.15, 0.2) is 0 Å². The maximum absolute atomic E-state index is 14.0. The number of aromatic hydroxyl groups is 1. The molecule has 2 N–H and O–H groups in total. The molecule has 1 aliphatic heterocycles. The molecular formula is C20H16FNO5S. The number of carbonyl (C=O) groups is 1. The van der Waals surface area contributed by atoms with E-state index in [9.17, 15) is 19.4 Å². The number of aliphatic hydroxyl groups excluding tert-OH is 1. The van der Waals surface area contributed by atoms with Crippen molar-refractivity contribution in [3.05, 3.63) is 70.1 Å². The lowest BCUT2D eigenvalue weighted by Crippen LogP contribution is -2.10. The normalized spacial score (nSPS) is 16.7. The fourth-order valence-corrected chi connectivity index (χ4v) is 3.48. The molecule has 0 fully saturated rings. The van der Waals surface area contributed by atoms with Crippen LogP contribution < -0.4 is 4.74 Å². The number of thioether (sulfide) groups is 1. The first kappa shape index (κ1) is 19.5. The van der Waals surface area contributed by atoms with E-state index in [0.717, 1.165) is 11.8 Å². The maximum atomic E-state index is 14.0. The second-order valence-electron chi connectivity index (χ2n) is 5.62. The molecule has 0 saturated carbocycles. The Balaban J connectivity index is 2.10. The number of aliphatic imine (C=N–C) groups is 1. The molecule has 2 aromatic rings. The van der Waals surface area contributed by atoms with Gasteiger partial charge in [-0.25, -0.2) is 14.2 Å². The van der Waals surface area contributed by atoms with Crippen LogP contribution in [0.5, 0.6) is 11.5 Å². The van der Waals surface area contributed by atoms with E-state index >= 15 is 0 Å². The first-order valence-corrected chi connectivity index (χ1v) is 8.88. The van der Waals surface area contributed by atoms with Gasteiger partial charge in [0.2, 0.25) is 0 Å². The standard InChI is InChI=1S/C20H16FNO5S/c1-26-12-7-8-15(23)11(9-12)10-16-18(24)17(20(25)27-2)19(28-16)22-14-6-4-3-5-13(14)21/h3-10,23-24H,1-2H3.